The number of ether oxygens (including phenoxy) is 2. The molecule has 1 fully saturated rings. The van der Waals surface area contributed by atoms with Crippen LogP contribution in [0.3, 0.4) is 0 Å². The molecular weight excluding hydrogens is 240 g/mol. The zero-order valence-electron chi connectivity index (χ0n) is 11.7. The van der Waals surface area contributed by atoms with E-state index in [1.165, 1.54) is 12.8 Å². The van der Waals surface area contributed by atoms with Gasteiger partial charge in [-0.1, -0.05) is 12.1 Å². The standard InChI is InChI=1S/C16H24O3/c1-2-18-15-8-5-6-13(12-15)16(17)10-9-14-7-3-4-11-19-14/h5-6,8,12,14,16-17H,2-4,7,9-11H2,1H3. The summed E-state index contributed by atoms with van der Waals surface area (Å²) in [5, 5.41) is 10.2. The lowest BCUT2D eigenvalue weighted by atomic mass is 9.99. The molecule has 1 N–H and O–H groups in total. The first-order valence-electron chi connectivity index (χ1n) is 7.32. The fourth-order valence-corrected chi connectivity index (χ4v) is 2.52. The summed E-state index contributed by atoms with van der Waals surface area (Å²) in [7, 11) is 0. The Bertz CT molecular complexity index is 372. The second-order valence-electron chi connectivity index (χ2n) is 5.09. The Morgan fingerprint density at radius 1 is 1.42 bits per heavy atom. The summed E-state index contributed by atoms with van der Waals surface area (Å²) in [5.41, 5.74) is 0.932. The lowest BCUT2D eigenvalue weighted by molar-refractivity contribution is 0.00212. The first-order chi connectivity index (χ1) is 9.29. The van der Waals surface area contributed by atoms with Gasteiger partial charge in [-0.25, -0.2) is 0 Å². The van der Waals surface area contributed by atoms with Crippen LogP contribution in [0.15, 0.2) is 24.3 Å². The van der Waals surface area contributed by atoms with Gasteiger partial charge in [-0.15, -0.1) is 0 Å². The molecule has 1 heterocycles. The van der Waals surface area contributed by atoms with Crippen molar-refractivity contribution in [3.8, 4) is 5.75 Å². The van der Waals surface area contributed by atoms with Crippen molar-refractivity contribution in [3.05, 3.63) is 29.8 Å². The Labute approximate surface area is 115 Å². The third-order valence-electron chi connectivity index (χ3n) is 3.59. The summed E-state index contributed by atoms with van der Waals surface area (Å²) in [6.07, 6.45) is 5.14. The first-order valence-corrected chi connectivity index (χ1v) is 7.32. The molecule has 1 saturated heterocycles. The molecule has 0 aromatic heterocycles. The van der Waals surface area contributed by atoms with Gasteiger partial charge < -0.3 is 14.6 Å². The molecule has 2 rings (SSSR count). The summed E-state index contributed by atoms with van der Waals surface area (Å²) in [5.74, 6) is 0.827. The maximum atomic E-state index is 10.2. The highest BCUT2D eigenvalue weighted by Crippen LogP contribution is 2.25. The molecule has 3 heteroatoms. The van der Waals surface area contributed by atoms with Gasteiger partial charge in [0.2, 0.25) is 0 Å². The van der Waals surface area contributed by atoms with Crippen molar-refractivity contribution in [1.29, 1.82) is 0 Å². The zero-order valence-corrected chi connectivity index (χ0v) is 11.7. The molecule has 19 heavy (non-hydrogen) atoms. The highest BCUT2D eigenvalue weighted by molar-refractivity contribution is 5.29. The van der Waals surface area contributed by atoms with Gasteiger partial charge in [0.25, 0.3) is 0 Å². The molecule has 106 valence electrons. The molecule has 2 atom stereocenters. The Kier molecular flexibility index (Phi) is 5.67. The molecule has 1 aliphatic rings. The van der Waals surface area contributed by atoms with Crippen molar-refractivity contribution in [1.82, 2.24) is 0 Å². The average molecular weight is 264 g/mol. The molecule has 3 nitrogen and oxygen atoms in total. The van der Waals surface area contributed by atoms with Gasteiger partial charge in [-0.3, -0.25) is 0 Å². The van der Waals surface area contributed by atoms with E-state index < -0.39 is 6.10 Å². The molecule has 2 unspecified atom stereocenters. The second-order valence-corrected chi connectivity index (χ2v) is 5.09. The van der Waals surface area contributed by atoms with E-state index >= 15 is 0 Å². The van der Waals surface area contributed by atoms with Crippen molar-refractivity contribution in [2.24, 2.45) is 0 Å². The van der Waals surface area contributed by atoms with E-state index in [0.717, 1.165) is 37.2 Å². The van der Waals surface area contributed by atoms with Crippen LogP contribution >= 0.6 is 0 Å². The summed E-state index contributed by atoms with van der Waals surface area (Å²) in [4.78, 5) is 0. The van der Waals surface area contributed by atoms with E-state index in [0.29, 0.717) is 12.7 Å². The molecule has 0 bridgehead atoms. The van der Waals surface area contributed by atoms with E-state index in [1.54, 1.807) is 0 Å². The normalized spacial score (nSPS) is 21.1. The number of hydrogen-bond acceptors (Lipinski definition) is 3. The summed E-state index contributed by atoms with van der Waals surface area (Å²) in [6.45, 7) is 3.49. The highest BCUT2D eigenvalue weighted by atomic mass is 16.5. The van der Waals surface area contributed by atoms with Gasteiger partial charge in [0.05, 0.1) is 18.8 Å². The molecule has 0 saturated carbocycles. The largest absolute Gasteiger partial charge is 0.494 e. The van der Waals surface area contributed by atoms with E-state index in [9.17, 15) is 5.11 Å². The minimum Gasteiger partial charge on any atom is -0.494 e. The van der Waals surface area contributed by atoms with E-state index in [4.69, 9.17) is 9.47 Å². The number of benzene rings is 1. The molecule has 0 amide bonds. The van der Waals surface area contributed by atoms with Crippen molar-refractivity contribution < 1.29 is 14.6 Å². The molecule has 1 aromatic rings. The highest BCUT2D eigenvalue weighted by Gasteiger charge is 2.16. The summed E-state index contributed by atoms with van der Waals surface area (Å²) in [6, 6.07) is 7.73. The SMILES string of the molecule is CCOc1cccc(C(O)CCC2CCCCO2)c1. The molecule has 0 radical (unpaired) electrons. The lowest BCUT2D eigenvalue weighted by Crippen LogP contribution is -2.19. The zero-order chi connectivity index (χ0) is 13.5. The van der Waals surface area contributed by atoms with E-state index in [1.807, 2.05) is 31.2 Å². The predicted molar refractivity (Wildman–Crippen MR) is 75.4 cm³/mol. The Hall–Kier alpha value is -1.06. The van der Waals surface area contributed by atoms with Crippen LogP contribution in [0.1, 0.15) is 50.7 Å². The monoisotopic (exact) mass is 264 g/mol. The first kappa shape index (κ1) is 14.4. The smallest absolute Gasteiger partial charge is 0.119 e. The van der Waals surface area contributed by atoms with Gasteiger partial charge in [0.1, 0.15) is 5.75 Å². The van der Waals surface area contributed by atoms with Gasteiger partial charge in [0.15, 0.2) is 0 Å². The van der Waals surface area contributed by atoms with Crippen LogP contribution in [0.4, 0.5) is 0 Å². The van der Waals surface area contributed by atoms with Gasteiger partial charge in [-0.05, 0) is 56.7 Å². The van der Waals surface area contributed by atoms with Crippen LogP contribution in [0.25, 0.3) is 0 Å². The third-order valence-corrected chi connectivity index (χ3v) is 3.59. The number of aliphatic hydroxyl groups is 1. The Morgan fingerprint density at radius 2 is 2.32 bits per heavy atom. The second kappa shape index (κ2) is 7.51. The lowest BCUT2D eigenvalue weighted by Gasteiger charge is -2.23. The van der Waals surface area contributed by atoms with Gasteiger partial charge in [0, 0.05) is 6.61 Å². The van der Waals surface area contributed by atoms with Crippen molar-refractivity contribution >= 4 is 0 Å². The maximum absolute atomic E-state index is 10.2. The maximum Gasteiger partial charge on any atom is 0.119 e. The van der Waals surface area contributed by atoms with Crippen LogP contribution in [0, 0.1) is 0 Å². The third kappa shape index (κ3) is 4.51. The minimum atomic E-state index is -0.425. The van der Waals surface area contributed by atoms with Crippen molar-refractivity contribution in [3.63, 3.8) is 0 Å². The molecule has 0 spiro atoms. The van der Waals surface area contributed by atoms with Gasteiger partial charge in [-0.2, -0.15) is 0 Å². The minimum absolute atomic E-state index is 0.332. The molecule has 0 aliphatic carbocycles. The van der Waals surface area contributed by atoms with Crippen molar-refractivity contribution in [2.45, 2.75) is 51.2 Å². The Balaban J connectivity index is 1.84. The molecular formula is C16H24O3. The van der Waals surface area contributed by atoms with Crippen LogP contribution in [0.2, 0.25) is 0 Å². The average Bonchev–Trinajstić information content (AvgIpc) is 2.46. The van der Waals surface area contributed by atoms with E-state index in [-0.39, 0.29) is 0 Å². The predicted octanol–water partition coefficient (Wildman–Crippen LogP) is 3.47. The molecule has 1 aliphatic heterocycles. The number of rotatable bonds is 6. The quantitative estimate of drug-likeness (QED) is 0.855. The summed E-state index contributed by atoms with van der Waals surface area (Å²) < 4.78 is 11.1. The van der Waals surface area contributed by atoms with E-state index in [2.05, 4.69) is 0 Å². The van der Waals surface area contributed by atoms with Crippen molar-refractivity contribution in [2.75, 3.05) is 13.2 Å². The molecule has 1 aromatic carbocycles. The van der Waals surface area contributed by atoms with Crippen LogP contribution in [-0.4, -0.2) is 24.4 Å². The number of hydrogen-bond donors (Lipinski definition) is 1. The topological polar surface area (TPSA) is 38.7 Å². The Morgan fingerprint density at radius 3 is 3.05 bits per heavy atom. The van der Waals surface area contributed by atoms with Crippen LogP contribution in [-0.2, 0) is 4.74 Å². The fraction of sp³-hybridized carbons (Fsp3) is 0.625. The number of aliphatic hydroxyl groups excluding tert-OH is 1. The van der Waals surface area contributed by atoms with Crippen LogP contribution < -0.4 is 4.74 Å². The fourth-order valence-electron chi connectivity index (χ4n) is 2.52. The van der Waals surface area contributed by atoms with Gasteiger partial charge >= 0.3 is 0 Å². The van der Waals surface area contributed by atoms with Crippen LogP contribution in [0.5, 0.6) is 5.75 Å². The summed E-state index contributed by atoms with van der Waals surface area (Å²) >= 11 is 0.